The molecule has 132 valence electrons. The summed E-state index contributed by atoms with van der Waals surface area (Å²) in [5.41, 5.74) is 1.48. The number of nitrogens with one attached hydrogen (secondary N) is 1. The van der Waals surface area contributed by atoms with Crippen LogP contribution in [0.1, 0.15) is 22.0 Å². The number of aromatic nitrogens is 1. The van der Waals surface area contributed by atoms with Gasteiger partial charge in [-0.1, -0.05) is 41.9 Å². The first-order chi connectivity index (χ1) is 12.6. The van der Waals surface area contributed by atoms with E-state index in [0.29, 0.717) is 35.6 Å². The summed E-state index contributed by atoms with van der Waals surface area (Å²) in [7, 11) is 0. The number of halogens is 1. The first-order valence-corrected chi connectivity index (χ1v) is 8.78. The highest BCUT2D eigenvalue weighted by atomic mass is 35.5. The van der Waals surface area contributed by atoms with Gasteiger partial charge in [-0.3, -0.25) is 9.59 Å². The first-order valence-electron chi connectivity index (χ1n) is 8.40. The number of rotatable bonds is 2. The smallest absolute Gasteiger partial charge is 0.259 e. The second-order valence-electron chi connectivity index (χ2n) is 6.24. The topological polar surface area (TPSA) is 62.4 Å². The molecule has 0 aliphatic carbocycles. The Morgan fingerprint density at radius 1 is 1.19 bits per heavy atom. The van der Waals surface area contributed by atoms with Crippen LogP contribution >= 0.6 is 11.6 Å². The summed E-state index contributed by atoms with van der Waals surface area (Å²) >= 11 is 5.96. The van der Waals surface area contributed by atoms with Crippen LogP contribution in [0.5, 0.6) is 0 Å². The number of aromatic amines is 1. The highest BCUT2D eigenvalue weighted by Crippen LogP contribution is 2.23. The van der Waals surface area contributed by atoms with Gasteiger partial charge in [-0.05, 0) is 23.8 Å². The molecule has 6 heteroatoms. The van der Waals surface area contributed by atoms with Gasteiger partial charge < -0.3 is 14.6 Å². The molecule has 4 rings (SSSR count). The van der Waals surface area contributed by atoms with E-state index >= 15 is 0 Å². The quantitative estimate of drug-likeness (QED) is 0.754. The van der Waals surface area contributed by atoms with Crippen molar-refractivity contribution in [3.63, 3.8) is 0 Å². The van der Waals surface area contributed by atoms with Crippen molar-refractivity contribution in [1.29, 1.82) is 0 Å². The van der Waals surface area contributed by atoms with Gasteiger partial charge in [0.05, 0.1) is 18.7 Å². The third-order valence-electron chi connectivity index (χ3n) is 4.60. The molecule has 1 amide bonds. The minimum absolute atomic E-state index is 0.133. The number of hydrogen-bond acceptors (Lipinski definition) is 3. The molecule has 0 saturated carbocycles. The zero-order valence-electron chi connectivity index (χ0n) is 13.9. The zero-order valence-corrected chi connectivity index (χ0v) is 14.7. The highest BCUT2D eigenvalue weighted by Gasteiger charge is 2.27. The molecule has 0 unspecified atom stereocenters. The second-order valence-corrected chi connectivity index (χ2v) is 6.68. The minimum atomic E-state index is -0.289. The van der Waals surface area contributed by atoms with Crippen LogP contribution in [0.15, 0.2) is 59.5 Å². The molecule has 3 aromatic rings. The summed E-state index contributed by atoms with van der Waals surface area (Å²) in [4.78, 5) is 30.3. The van der Waals surface area contributed by atoms with E-state index in [4.69, 9.17) is 16.3 Å². The van der Waals surface area contributed by atoms with Crippen LogP contribution in [-0.2, 0) is 4.74 Å². The zero-order chi connectivity index (χ0) is 18.1. The van der Waals surface area contributed by atoms with Gasteiger partial charge in [0.1, 0.15) is 11.7 Å². The molecule has 2 aromatic carbocycles. The van der Waals surface area contributed by atoms with Crippen molar-refractivity contribution >= 4 is 28.4 Å². The standard InChI is InChI=1S/C20H17ClN2O3/c21-14-6-7-15-17(10-14)22-11-16(19(15)24)20(25)23-8-9-26-18(12-23)13-4-2-1-3-5-13/h1-7,10-11,18H,8-9,12H2,(H,22,24)/t18-/m0/s1. The van der Waals surface area contributed by atoms with E-state index < -0.39 is 0 Å². The van der Waals surface area contributed by atoms with Crippen LogP contribution < -0.4 is 5.43 Å². The van der Waals surface area contributed by atoms with Gasteiger partial charge in [-0.2, -0.15) is 0 Å². The van der Waals surface area contributed by atoms with Crippen molar-refractivity contribution in [3.05, 3.63) is 81.1 Å². The summed E-state index contributed by atoms with van der Waals surface area (Å²) in [5.74, 6) is -0.285. The first kappa shape index (κ1) is 16.8. The Morgan fingerprint density at radius 3 is 2.81 bits per heavy atom. The van der Waals surface area contributed by atoms with Gasteiger partial charge in [-0.25, -0.2) is 0 Å². The minimum Gasteiger partial charge on any atom is -0.370 e. The second kappa shape index (κ2) is 6.94. The number of H-pyrrole nitrogens is 1. The molecule has 0 spiro atoms. The molecule has 1 N–H and O–H groups in total. The Hall–Kier alpha value is -2.63. The molecule has 1 atom stereocenters. The van der Waals surface area contributed by atoms with E-state index in [-0.39, 0.29) is 23.0 Å². The number of carbonyl (C=O) groups excluding carboxylic acids is 1. The monoisotopic (exact) mass is 368 g/mol. The third kappa shape index (κ3) is 3.11. The van der Waals surface area contributed by atoms with Gasteiger partial charge >= 0.3 is 0 Å². The maximum absolute atomic E-state index is 12.9. The van der Waals surface area contributed by atoms with E-state index in [1.54, 1.807) is 23.1 Å². The van der Waals surface area contributed by atoms with E-state index in [2.05, 4.69) is 4.98 Å². The fraction of sp³-hybridized carbons (Fsp3) is 0.200. The Kier molecular flexibility index (Phi) is 4.49. The molecule has 0 radical (unpaired) electrons. The summed E-state index contributed by atoms with van der Waals surface area (Å²) < 4.78 is 5.80. The summed E-state index contributed by atoms with van der Waals surface area (Å²) in [5, 5.41) is 0.985. The maximum atomic E-state index is 12.9. The SMILES string of the molecule is O=C(c1c[nH]c2cc(Cl)ccc2c1=O)N1CCO[C@H](c2ccccc2)C1. The lowest BCUT2D eigenvalue weighted by Gasteiger charge is -2.33. The van der Waals surface area contributed by atoms with Gasteiger partial charge in [0, 0.05) is 23.2 Å². The van der Waals surface area contributed by atoms with Gasteiger partial charge in [-0.15, -0.1) is 0 Å². The average molecular weight is 369 g/mol. The fourth-order valence-corrected chi connectivity index (χ4v) is 3.40. The number of carbonyl (C=O) groups is 1. The van der Waals surface area contributed by atoms with Crippen LogP contribution in [0.3, 0.4) is 0 Å². The van der Waals surface area contributed by atoms with Crippen molar-refractivity contribution in [2.45, 2.75) is 6.10 Å². The average Bonchev–Trinajstić information content (AvgIpc) is 2.68. The molecule has 1 fully saturated rings. The lowest BCUT2D eigenvalue weighted by atomic mass is 10.1. The normalized spacial score (nSPS) is 17.4. The van der Waals surface area contributed by atoms with Crippen LogP contribution in [0.4, 0.5) is 0 Å². The number of hydrogen-bond donors (Lipinski definition) is 1. The van der Waals surface area contributed by atoms with E-state index in [1.165, 1.54) is 6.20 Å². The number of ether oxygens (including phenoxy) is 1. The van der Waals surface area contributed by atoms with Gasteiger partial charge in [0.2, 0.25) is 5.43 Å². The summed E-state index contributed by atoms with van der Waals surface area (Å²) in [6.45, 7) is 1.31. The highest BCUT2D eigenvalue weighted by molar-refractivity contribution is 6.31. The molecule has 1 saturated heterocycles. The summed E-state index contributed by atoms with van der Waals surface area (Å²) in [6, 6.07) is 14.7. The number of pyridine rings is 1. The van der Waals surface area contributed by atoms with E-state index in [9.17, 15) is 9.59 Å². The van der Waals surface area contributed by atoms with Crippen molar-refractivity contribution < 1.29 is 9.53 Å². The van der Waals surface area contributed by atoms with Crippen molar-refractivity contribution in [2.24, 2.45) is 0 Å². The molecule has 26 heavy (non-hydrogen) atoms. The van der Waals surface area contributed by atoms with Crippen molar-refractivity contribution in [2.75, 3.05) is 19.7 Å². The van der Waals surface area contributed by atoms with Gasteiger partial charge in [0.25, 0.3) is 5.91 Å². The molecule has 0 bridgehead atoms. The molecule has 1 aromatic heterocycles. The van der Waals surface area contributed by atoms with Crippen molar-refractivity contribution in [1.82, 2.24) is 9.88 Å². The Morgan fingerprint density at radius 2 is 2.00 bits per heavy atom. The van der Waals surface area contributed by atoms with Crippen LogP contribution in [0, 0.1) is 0 Å². The number of benzene rings is 2. The summed E-state index contributed by atoms with van der Waals surface area (Å²) in [6.07, 6.45) is 1.28. The molecule has 2 heterocycles. The van der Waals surface area contributed by atoms with E-state index in [0.717, 1.165) is 5.56 Å². The Bertz CT molecular complexity index is 1020. The molecular formula is C20H17ClN2O3. The predicted octanol–water partition coefficient (Wildman–Crippen LogP) is 3.40. The molecule has 1 aliphatic heterocycles. The largest absolute Gasteiger partial charge is 0.370 e. The molecular weight excluding hydrogens is 352 g/mol. The molecule has 1 aliphatic rings. The lowest BCUT2D eigenvalue weighted by Crippen LogP contribution is -2.43. The Labute approximate surface area is 155 Å². The predicted molar refractivity (Wildman–Crippen MR) is 101 cm³/mol. The number of fused-ring (bicyclic) bond motifs is 1. The maximum Gasteiger partial charge on any atom is 0.259 e. The fourth-order valence-electron chi connectivity index (χ4n) is 3.23. The third-order valence-corrected chi connectivity index (χ3v) is 4.83. The van der Waals surface area contributed by atoms with Crippen LogP contribution in [-0.4, -0.2) is 35.5 Å². The van der Waals surface area contributed by atoms with Crippen molar-refractivity contribution in [3.8, 4) is 0 Å². The number of nitrogens with zero attached hydrogens (tertiary/aromatic N) is 1. The number of amides is 1. The van der Waals surface area contributed by atoms with Crippen LogP contribution in [0.2, 0.25) is 5.02 Å². The lowest BCUT2D eigenvalue weighted by molar-refractivity contribution is -0.0228. The molecule has 5 nitrogen and oxygen atoms in total. The van der Waals surface area contributed by atoms with E-state index in [1.807, 2.05) is 30.3 Å². The number of morpholine rings is 1. The Balaban J connectivity index is 1.63. The van der Waals surface area contributed by atoms with Crippen LogP contribution in [0.25, 0.3) is 10.9 Å². The van der Waals surface area contributed by atoms with Gasteiger partial charge in [0.15, 0.2) is 0 Å².